The molecule has 0 saturated carbocycles. The average Bonchev–Trinajstić information content (AvgIpc) is 2.88. The lowest BCUT2D eigenvalue weighted by Gasteiger charge is -2.07. The summed E-state index contributed by atoms with van der Waals surface area (Å²) in [7, 11) is 0. The molecule has 0 fully saturated rings. The van der Waals surface area contributed by atoms with Crippen LogP contribution in [0.5, 0.6) is 0 Å². The summed E-state index contributed by atoms with van der Waals surface area (Å²) in [5.41, 5.74) is 6.83. The van der Waals surface area contributed by atoms with Crippen LogP contribution < -0.4 is 5.73 Å². The first kappa shape index (κ1) is 12.7. The van der Waals surface area contributed by atoms with Gasteiger partial charge in [0.15, 0.2) is 0 Å². The molecule has 0 bridgehead atoms. The first-order valence-corrected chi connectivity index (χ1v) is 6.54. The van der Waals surface area contributed by atoms with Crippen LogP contribution in [0.4, 0.5) is 0 Å². The van der Waals surface area contributed by atoms with Crippen LogP contribution in [0, 0.1) is 5.41 Å². The molecule has 18 heavy (non-hydrogen) atoms. The summed E-state index contributed by atoms with van der Waals surface area (Å²) in [5.74, 6) is -0.0209. The molecule has 0 spiro atoms. The van der Waals surface area contributed by atoms with Crippen molar-refractivity contribution < 1.29 is 4.74 Å². The minimum absolute atomic E-state index is 0.0209. The lowest BCUT2D eigenvalue weighted by Crippen LogP contribution is -2.16. The van der Waals surface area contributed by atoms with E-state index in [2.05, 4.69) is 16.4 Å². The van der Waals surface area contributed by atoms with Crippen molar-refractivity contribution in [2.45, 2.75) is 13.0 Å². The number of nitrogen functional groups attached to an aromatic ring is 1. The van der Waals surface area contributed by atoms with E-state index < -0.39 is 0 Å². The Morgan fingerprint density at radius 1 is 1.39 bits per heavy atom. The van der Waals surface area contributed by atoms with Gasteiger partial charge in [-0.15, -0.1) is 11.3 Å². The zero-order chi connectivity index (χ0) is 12.8. The minimum Gasteiger partial charge on any atom is -0.382 e. The van der Waals surface area contributed by atoms with Gasteiger partial charge in [-0.25, -0.2) is 0 Å². The Bertz CT molecular complexity index is 511. The molecule has 94 valence electrons. The second kappa shape index (κ2) is 6.28. The van der Waals surface area contributed by atoms with Gasteiger partial charge in [-0.1, -0.05) is 12.1 Å². The van der Waals surface area contributed by atoms with E-state index in [9.17, 15) is 0 Å². The minimum atomic E-state index is -0.0209. The van der Waals surface area contributed by atoms with Crippen molar-refractivity contribution in [2.75, 3.05) is 6.61 Å². The van der Waals surface area contributed by atoms with Crippen molar-refractivity contribution >= 4 is 17.2 Å². The van der Waals surface area contributed by atoms with Crippen LogP contribution in [-0.2, 0) is 17.8 Å². The van der Waals surface area contributed by atoms with Crippen LogP contribution >= 0.6 is 11.3 Å². The number of aromatic nitrogens is 1. The third-order valence-corrected chi connectivity index (χ3v) is 3.41. The normalized spacial score (nSPS) is 10.4. The number of hydrogen-bond donors (Lipinski definition) is 2. The van der Waals surface area contributed by atoms with Gasteiger partial charge in [0.1, 0.15) is 11.5 Å². The Morgan fingerprint density at radius 3 is 3.00 bits per heavy atom. The summed E-state index contributed by atoms with van der Waals surface area (Å²) in [5, 5.41) is 9.49. The molecule has 0 aliphatic heterocycles. The Morgan fingerprint density at radius 2 is 2.28 bits per heavy atom. The number of thiophene rings is 1. The van der Waals surface area contributed by atoms with Crippen molar-refractivity contribution in [3.63, 3.8) is 0 Å². The van der Waals surface area contributed by atoms with E-state index in [4.69, 9.17) is 15.9 Å². The quantitative estimate of drug-likeness (QED) is 0.475. The van der Waals surface area contributed by atoms with Gasteiger partial charge >= 0.3 is 0 Å². The number of hydrogen-bond acceptors (Lipinski definition) is 4. The number of ether oxygens (including phenoxy) is 1. The van der Waals surface area contributed by atoms with Crippen molar-refractivity contribution in [3.05, 3.63) is 52.0 Å². The summed E-state index contributed by atoms with van der Waals surface area (Å²) in [6.45, 7) is 1.10. The predicted molar refractivity (Wildman–Crippen MR) is 72.9 cm³/mol. The fraction of sp³-hybridized carbons (Fsp3) is 0.231. The first-order valence-electron chi connectivity index (χ1n) is 5.66. The molecule has 4 nitrogen and oxygen atoms in total. The van der Waals surface area contributed by atoms with Gasteiger partial charge in [0, 0.05) is 23.1 Å². The molecule has 0 amide bonds. The Labute approximate surface area is 110 Å². The Kier molecular flexibility index (Phi) is 4.44. The van der Waals surface area contributed by atoms with E-state index in [0.29, 0.717) is 18.9 Å². The second-order valence-corrected chi connectivity index (χ2v) is 4.84. The third-order valence-electron chi connectivity index (χ3n) is 2.48. The molecule has 2 aromatic heterocycles. The molecule has 0 atom stereocenters. The van der Waals surface area contributed by atoms with Crippen molar-refractivity contribution in [1.29, 1.82) is 5.41 Å². The molecule has 5 heteroatoms. The van der Waals surface area contributed by atoms with Crippen LogP contribution in [0.2, 0.25) is 0 Å². The van der Waals surface area contributed by atoms with E-state index in [1.54, 1.807) is 17.5 Å². The molecule has 2 heterocycles. The standard InChI is InChI=1S/C13H15N3OS/c14-13(15)12-10(3-1-6-16-12)9-17-7-5-11-4-2-8-18-11/h1-4,6,8H,5,7,9H2,(H3,14,15). The highest BCUT2D eigenvalue weighted by Crippen LogP contribution is 2.10. The van der Waals surface area contributed by atoms with Crippen molar-refractivity contribution in [2.24, 2.45) is 5.73 Å². The second-order valence-electron chi connectivity index (χ2n) is 3.81. The molecule has 0 saturated heterocycles. The van der Waals surface area contributed by atoms with Crippen LogP contribution in [0.3, 0.4) is 0 Å². The number of amidine groups is 1. The summed E-state index contributed by atoms with van der Waals surface area (Å²) in [4.78, 5) is 5.39. The number of nitrogens with two attached hydrogens (primary N) is 1. The SMILES string of the molecule is N=C(N)c1ncccc1COCCc1cccs1. The lowest BCUT2D eigenvalue weighted by molar-refractivity contribution is 0.124. The maximum Gasteiger partial charge on any atom is 0.142 e. The molecule has 0 aliphatic rings. The smallest absolute Gasteiger partial charge is 0.142 e. The van der Waals surface area contributed by atoms with Gasteiger partial charge in [-0.05, 0) is 17.5 Å². The monoisotopic (exact) mass is 261 g/mol. The van der Waals surface area contributed by atoms with Gasteiger partial charge in [0.25, 0.3) is 0 Å². The summed E-state index contributed by atoms with van der Waals surface area (Å²) >= 11 is 1.73. The topological polar surface area (TPSA) is 72.0 Å². The van der Waals surface area contributed by atoms with Gasteiger partial charge in [-0.2, -0.15) is 0 Å². The van der Waals surface area contributed by atoms with E-state index in [1.165, 1.54) is 4.88 Å². The van der Waals surface area contributed by atoms with Gasteiger partial charge in [-0.3, -0.25) is 10.4 Å². The predicted octanol–water partition coefficient (Wildman–Crippen LogP) is 2.19. The Balaban J connectivity index is 1.85. The highest BCUT2D eigenvalue weighted by Gasteiger charge is 2.06. The maximum absolute atomic E-state index is 7.43. The number of nitrogens with zero attached hydrogens (tertiary/aromatic N) is 1. The Hall–Kier alpha value is -1.72. The van der Waals surface area contributed by atoms with E-state index in [0.717, 1.165) is 12.0 Å². The molecule has 3 N–H and O–H groups in total. The zero-order valence-corrected chi connectivity index (χ0v) is 10.7. The maximum atomic E-state index is 7.43. The first-order chi connectivity index (χ1) is 8.77. The highest BCUT2D eigenvalue weighted by atomic mass is 32.1. The third kappa shape index (κ3) is 3.38. The molecule has 0 radical (unpaired) electrons. The van der Waals surface area contributed by atoms with Gasteiger partial charge in [0.05, 0.1) is 13.2 Å². The van der Waals surface area contributed by atoms with Crippen LogP contribution in [0.25, 0.3) is 0 Å². The molecule has 0 aliphatic carbocycles. The van der Waals surface area contributed by atoms with Crippen molar-refractivity contribution in [1.82, 2.24) is 4.98 Å². The van der Waals surface area contributed by atoms with Gasteiger partial charge in [0.2, 0.25) is 0 Å². The van der Waals surface area contributed by atoms with Crippen molar-refractivity contribution in [3.8, 4) is 0 Å². The fourth-order valence-electron chi connectivity index (χ4n) is 1.61. The molecular weight excluding hydrogens is 246 g/mol. The number of rotatable bonds is 6. The van der Waals surface area contributed by atoms with E-state index in [-0.39, 0.29) is 5.84 Å². The summed E-state index contributed by atoms with van der Waals surface area (Å²) in [6.07, 6.45) is 2.54. The molecule has 0 unspecified atom stereocenters. The fourth-order valence-corrected chi connectivity index (χ4v) is 2.30. The molecular formula is C13H15N3OS. The van der Waals surface area contributed by atoms with E-state index >= 15 is 0 Å². The molecule has 0 aromatic carbocycles. The molecule has 2 rings (SSSR count). The highest BCUT2D eigenvalue weighted by molar-refractivity contribution is 7.09. The summed E-state index contributed by atoms with van der Waals surface area (Å²) in [6, 6.07) is 7.84. The van der Waals surface area contributed by atoms with Crippen LogP contribution in [0.15, 0.2) is 35.8 Å². The number of nitrogens with one attached hydrogen (secondary N) is 1. The zero-order valence-electron chi connectivity index (χ0n) is 9.93. The number of pyridine rings is 1. The largest absolute Gasteiger partial charge is 0.382 e. The van der Waals surface area contributed by atoms with E-state index in [1.807, 2.05) is 18.2 Å². The lowest BCUT2D eigenvalue weighted by atomic mass is 10.2. The van der Waals surface area contributed by atoms with Crippen LogP contribution in [0.1, 0.15) is 16.1 Å². The average molecular weight is 261 g/mol. The molecule has 2 aromatic rings. The van der Waals surface area contributed by atoms with Gasteiger partial charge < -0.3 is 10.5 Å². The van der Waals surface area contributed by atoms with Crippen LogP contribution in [-0.4, -0.2) is 17.4 Å². The summed E-state index contributed by atoms with van der Waals surface area (Å²) < 4.78 is 5.60.